The van der Waals surface area contributed by atoms with Crippen molar-refractivity contribution in [3.63, 3.8) is 0 Å². The van der Waals surface area contributed by atoms with E-state index in [1.165, 1.54) is 0 Å². The van der Waals surface area contributed by atoms with Gasteiger partial charge in [0, 0.05) is 30.9 Å². The highest BCUT2D eigenvalue weighted by atomic mass is 16.4. The zero-order valence-electron chi connectivity index (χ0n) is 13.3. The van der Waals surface area contributed by atoms with Crippen molar-refractivity contribution in [2.45, 2.75) is 52.1 Å². The molecule has 1 aromatic heterocycles. The highest BCUT2D eigenvalue weighted by molar-refractivity contribution is 5.66. The van der Waals surface area contributed by atoms with Gasteiger partial charge in [-0.15, -0.1) is 0 Å². The van der Waals surface area contributed by atoms with Crippen molar-refractivity contribution in [2.24, 2.45) is 0 Å². The number of hydrogen-bond donors (Lipinski definition) is 1. The maximum Gasteiger partial charge on any atom is 0.407 e. The number of carbonyl (C=O) groups is 1. The van der Waals surface area contributed by atoms with E-state index in [1.54, 1.807) is 4.90 Å². The summed E-state index contributed by atoms with van der Waals surface area (Å²) >= 11 is 0. The lowest BCUT2D eigenvalue weighted by Gasteiger charge is -2.43. The van der Waals surface area contributed by atoms with Gasteiger partial charge in [0.15, 0.2) is 0 Å². The fraction of sp³-hybridized carbons (Fsp3) is 0.625. The van der Waals surface area contributed by atoms with Crippen molar-refractivity contribution in [2.75, 3.05) is 18.0 Å². The van der Waals surface area contributed by atoms with Crippen LogP contribution >= 0.6 is 0 Å². The zero-order valence-corrected chi connectivity index (χ0v) is 13.3. The Morgan fingerprint density at radius 2 is 1.95 bits per heavy atom. The van der Waals surface area contributed by atoms with Crippen LogP contribution in [0.2, 0.25) is 0 Å². The zero-order chi connectivity index (χ0) is 15.6. The van der Waals surface area contributed by atoms with Crippen molar-refractivity contribution in [3.05, 3.63) is 23.9 Å². The minimum Gasteiger partial charge on any atom is -0.465 e. The molecule has 0 unspecified atom stereocenters. The molecule has 0 atom stereocenters. The third-order valence-electron chi connectivity index (χ3n) is 3.98. The van der Waals surface area contributed by atoms with Gasteiger partial charge in [0.1, 0.15) is 5.82 Å². The summed E-state index contributed by atoms with van der Waals surface area (Å²) in [5.41, 5.74) is 0.791. The molecule has 1 aliphatic rings. The summed E-state index contributed by atoms with van der Waals surface area (Å²) in [5.74, 6) is 0.983. The number of amides is 1. The molecular weight excluding hydrogens is 266 g/mol. The minimum atomic E-state index is -0.825. The van der Waals surface area contributed by atoms with E-state index in [1.807, 2.05) is 40.0 Å². The molecule has 1 fully saturated rings. The summed E-state index contributed by atoms with van der Waals surface area (Å²) in [6.45, 7) is 9.58. The molecule has 116 valence electrons. The van der Waals surface area contributed by atoms with Gasteiger partial charge in [-0.1, -0.05) is 6.07 Å². The molecule has 1 amide bonds. The van der Waals surface area contributed by atoms with Crippen LogP contribution in [0.4, 0.5) is 10.6 Å². The summed E-state index contributed by atoms with van der Waals surface area (Å²) in [7, 11) is 0. The lowest BCUT2D eigenvalue weighted by Crippen LogP contribution is -2.54. The van der Waals surface area contributed by atoms with Crippen molar-refractivity contribution in [1.29, 1.82) is 0 Å². The second-order valence-electron chi connectivity index (χ2n) is 6.74. The molecule has 0 saturated carbocycles. The number of anilines is 1. The number of rotatable bonds is 2. The number of pyridine rings is 1. The number of aryl methyl sites for hydroxylation is 1. The van der Waals surface area contributed by atoms with Gasteiger partial charge in [0.05, 0.1) is 0 Å². The standard InChI is InChI=1S/C16H25N3O2/c1-12-5-6-14(17-11-12)18-9-7-13(8-10-18)19(15(20)21)16(2,3)4/h5-6,11,13H,7-10H2,1-4H3,(H,20,21). The van der Waals surface area contributed by atoms with Crippen LogP contribution in [0.15, 0.2) is 18.3 Å². The van der Waals surface area contributed by atoms with E-state index >= 15 is 0 Å². The average Bonchev–Trinajstić information content (AvgIpc) is 2.38. The molecule has 2 heterocycles. The maximum absolute atomic E-state index is 11.5. The van der Waals surface area contributed by atoms with Crippen LogP contribution in [0.3, 0.4) is 0 Å². The van der Waals surface area contributed by atoms with E-state index < -0.39 is 6.09 Å². The molecule has 21 heavy (non-hydrogen) atoms. The Hall–Kier alpha value is -1.78. The Bertz CT molecular complexity index is 485. The van der Waals surface area contributed by atoms with Crippen LogP contribution in [-0.2, 0) is 0 Å². The number of carboxylic acid groups (broad SMARTS) is 1. The molecular formula is C16H25N3O2. The second-order valence-corrected chi connectivity index (χ2v) is 6.74. The lowest BCUT2D eigenvalue weighted by atomic mass is 9.97. The molecule has 5 heteroatoms. The van der Waals surface area contributed by atoms with Gasteiger partial charge in [0.25, 0.3) is 0 Å². The molecule has 1 aromatic rings. The summed E-state index contributed by atoms with van der Waals surface area (Å²) in [5, 5.41) is 9.47. The Morgan fingerprint density at radius 1 is 1.33 bits per heavy atom. The Labute approximate surface area is 126 Å². The third kappa shape index (κ3) is 3.65. The molecule has 5 nitrogen and oxygen atoms in total. The van der Waals surface area contributed by atoms with Crippen LogP contribution in [0.5, 0.6) is 0 Å². The smallest absolute Gasteiger partial charge is 0.407 e. The van der Waals surface area contributed by atoms with Gasteiger partial charge < -0.3 is 14.9 Å². The second kappa shape index (κ2) is 5.92. The molecule has 1 saturated heterocycles. The quantitative estimate of drug-likeness (QED) is 0.909. The van der Waals surface area contributed by atoms with E-state index in [0.29, 0.717) is 0 Å². The van der Waals surface area contributed by atoms with Crippen molar-refractivity contribution in [3.8, 4) is 0 Å². The predicted octanol–water partition coefficient (Wildman–Crippen LogP) is 3.14. The topological polar surface area (TPSA) is 56.7 Å². The molecule has 0 radical (unpaired) electrons. The summed E-state index contributed by atoms with van der Waals surface area (Å²) in [6.07, 6.45) is 2.74. The molecule has 0 aromatic carbocycles. The first kappa shape index (κ1) is 15.6. The van der Waals surface area contributed by atoms with Crippen molar-refractivity contribution >= 4 is 11.9 Å². The lowest BCUT2D eigenvalue weighted by molar-refractivity contribution is 0.0616. The third-order valence-corrected chi connectivity index (χ3v) is 3.98. The summed E-state index contributed by atoms with van der Waals surface area (Å²) < 4.78 is 0. The first-order valence-electron chi connectivity index (χ1n) is 7.49. The van der Waals surface area contributed by atoms with Crippen molar-refractivity contribution < 1.29 is 9.90 Å². The van der Waals surface area contributed by atoms with Crippen LogP contribution in [0.1, 0.15) is 39.2 Å². The van der Waals surface area contributed by atoms with Crippen LogP contribution in [0, 0.1) is 6.92 Å². The number of nitrogens with zero attached hydrogens (tertiary/aromatic N) is 3. The van der Waals surface area contributed by atoms with Crippen LogP contribution in [-0.4, -0.2) is 45.8 Å². The fourth-order valence-corrected chi connectivity index (χ4v) is 2.99. The monoisotopic (exact) mass is 291 g/mol. The van der Waals surface area contributed by atoms with Crippen LogP contribution in [0.25, 0.3) is 0 Å². The van der Waals surface area contributed by atoms with Gasteiger partial charge in [-0.2, -0.15) is 0 Å². The minimum absolute atomic E-state index is 0.0872. The first-order chi connectivity index (χ1) is 9.79. The fourth-order valence-electron chi connectivity index (χ4n) is 2.99. The van der Waals surface area contributed by atoms with E-state index in [4.69, 9.17) is 0 Å². The first-order valence-corrected chi connectivity index (χ1v) is 7.49. The SMILES string of the molecule is Cc1ccc(N2CCC(N(C(=O)O)C(C)(C)C)CC2)nc1. The predicted molar refractivity (Wildman–Crippen MR) is 83.8 cm³/mol. The van der Waals surface area contributed by atoms with Gasteiger partial charge in [-0.25, -0.2) is 9.78 Å². The van der Waals surface area contributed by atoms with Gasteiger partial charge >= 0.3 is 6.09 Å². The Kier molecular flexibility index (Phi) is 4.40. The van der Waals surface area contributed by atoms with Gasteiger partial charge in [0.2, 0.25) is 0 Å². The van der Waals surface area contributed by atoms with E-state index in [-0.39, 0.29) is 11.6 Å². The van der Waals surface area contributed by atoms with Gasteiger partial charge in [-0.05, 0) is 52.2 Å². The van der Waals surface area contributed by atoms with E-state index in [9.17, 15) is 9.90 Å². The van der Waals surface area contributed by atoms with Crippen LogP contribution < -0.4 is 4.90 Å². The maximum atomic E-state index is 11.5. The van der Waals surface area contributed by atoms with Gasteiger partial charge in [-0.3, -0.25) is 0 Å². The largest absolute Gasteiger partial charge is 0.465 e. The van der Waals surface area contributed by atoms with E-state index in [2.05, 4.69) is 16.0 Å². The normalized spacial score (nSPS) is 16.9. The number of hydrogen-bond acceptors (Lipinski definition) is 3. The number of piperidine rings is 1. The molecule has 0 spiro atoms. The van der Waals surface area contributed by atoms with E-state index in [0.717, 1.165) is 37.3 Å². The molecule has 1 aliphatic heterocycles. The Morgan fingerprint density at radius 3 is 2.38 bits per heavy atom. The average molecular weight is 291 g/mol. The molecule has 1 N–H and O–H groups in total. The Balaban J connectivity index is 2.02. The number of aromatic nitrogens is 1. The van der Waals surface area contributed by atoms with Crippen molar-refractivity contribution in [1.82, 2.24) is 9.88 Å². The molecule has 0 aliphatic carbocycles. The molecule has 2 rings (SSSR count). The summed E-state index contributed by atoms with van der Waals surface area (Å²) in [4.78, 5) is 19.8. The summed E-state index contributed by atoms with van der Waals surface area (Å²) in [6, 6.07) is 4.19. The highest BCUT2D eigenvalue weighted by Crippen LogP contribution is 2.26. The highest BCUT2D eigenvalue weighted by Gasteiger charge is 2.35. The molecule has 0 bridgehead atoms.